The van der Waals surface area contributed by atoms with E-state index in [-0.39, 0.29) is 0 Å². The lowest BCUT2D eigenvalue weighted by molar-refractivity contribution is 0.339. The fourth-order valence-corrected chi connectivity index (χ4v) is 3.60. The number of benzene rings is 1. The second-order valence-corrected chi connectivity index (χ2v) is 5.50. The van der Waals surface area contributed by atoms with Gasteiger partial charge in [-0.2, -0.15) is 0 Å². The zero-order valence-electron chi connectivity index (χ0n) is 10.5. The molecule has 1 aromatic rings. The van der Waals surface area contributed by atoms with Crippen LogP contribution in [0.2, 0.25) is 0 Å². The molecule has 2 N–H and O–H groups in total. The summed E-state index contributed by atoms with van der Waals surface area (Å²) in [6.07, 6.45) is 6.39. The molecule has 0 aliphatic heterocycles. The van der Waals surface area contributed by atoms with Gasteiger partial charge in [0, 0.05) is 6.04 Å². The molecule has 3 unspecified atom stereocenters. The largest absolute Gasteiger partial charge is 0.497 e. The fourth-order valence-electron chi connectivity index (χ4n) is 3.60. The molecule has 17 heavy (non-hydrogen) atoms. The normalized spacial score (nSPS) is 31.5. The second kappa shape index (κ2) is 4.34. The van der Waals surface area contributed by atoms with Gasteiger partial charge in [0.2, 0.25) is 0 Å². The summed E-state index contributed by atoms with van der Waals surface area (Å²) in [5.74, 6) is 2.23. The van der Waals surface area contributed by atoms with Crippen LogP contribution in [0.3, 0.4) is 0 Å². The molecule has 2 heteroatoms. The number of ether oxygens (including phenoxy) is 1. The Morgan fingerprint density at radius 2 is 2.06 bits per heavy atom. The predicted octanol–water partition coefficient (Wildman–Crippen LogP) is 2.85. The summed E-state index contributed by atoms with van der Waals surface area (Å²) < 4.78 is 5.34. The maximum Gasteiger partial charge on any atom is 0.119 e. The number of hydrogen-bond donors (Lipinski definition) is 1. The number of fused-ring (bicyclic) bond motifs is 4. The zero-order chi connectivity index (χ0) is 11.8. The van der Waals surface area contributed by atoms with Gasteiger partial charge in [-0.05, 0) is 54.4 Å². The lowest BCUT2D eigenvalue weighted by Crippen LogP contribution is -2.40. The van der Waals surface area contributed by atoms with Gasteiger partial charge in [-0.15, -0.1) is 0 Å². The van der Waals surface area contributed by atoms with Crippen molar-refractivity contribution in [1.82, 2.24) is 0 Å². The number of rotatable bonds is 1. The Labute approximate surface area is 103 Å². The maximum absolute atomic E-state index is 6.45. The van der Waals surface area contributed by atoms with Crippen molar-refractivity contribution in [3.8, 4) is 5.75 Å². The van der Waals surface area contributed by atoms with E-state index in [9.17, 15) is 0 Å². The van der Waals surface area contributed by atoms with Crippen LogP contribution in [0, 0.1) is 5.92 Å². The number of nitrogens with two attached hydrogens (primary N) is 1. The first-order valence-electron chi connectivity index (χ1n) is 6.72. The second-order valence-electron chi connectivity index (χ2n) is 5.50. The first-order valence-corrected chi connectivity index (χ1v) is 6.72. The van der Waals surface area contributed by atoms with Crippen LogP contribution < -0.4 is 10.5 Å². The standard InChI is InChI=1S/C15H21NO/c1-17-12-7-6-10-8-11-4-2-3-5-13(15(11)16)14(10)9-12/h6-7,9,11,13,15H,2-5,8,16H2,1H3. The monoisotopic (exact) mass is 231 g/mol. The summed E-state index contributed by atoms with van der Waals surface area (Å²) in [4.78, 5) is 0. The van der Waals surface area contributed by atoms with Crippen molar-refractivity contribution in [3.05, 3.63) is 29.3 Å². The maximum atomic E-state index is 6.45. The van der Waals surface area contributed by atoms with Gasteiger partial charge in [0.15, 0.2) is 0 Å². The molecule has 0 radical (unpaired) electrons. The minimum atomic E-state index is 0.358. The third-order valence-corrected chi connectivity index (χ3v) is 4.58. The molecule has 2 nitrogen and oxygen atoms in total. The Bertz CT molecular complexity index is 415. The molecular weight excluding hydrogens is 210 g/mol. The van der Waals surface area contributed by atoms with Crippen molar-refractivity contribution in [2.75, 3.05) is 7.11 Å². The topological polar surface area (TPSA) is 35.2 Å². The molecule has 2 bridgehead atoms. The zero-order valence-corrected chi connectivity index (χ0v) is 10.5. The van der Waals surface area contributed by atoms with Crippen LogP contribution in [-0.2, 0) is 6.42 Å². The van der Waals surface area contributed by atoms with E-state index >= 15 is 0 Å². The Morgan fingerprint density at radius 1 is 1.24 bits per heavy atom. The minimum absolute atomic E-state index is 0.358. The third-order valence-electron chi connectivity index (χ3n) is 4.58. The number of hydrogen-bond acceptors (Lipinski definition) is 2. The Hall–Kier alpha value is -1.02. The quantitative estimate of drug-likeness (QED) is 0.806. The highest BCUT2D eigenvalue weighted by Gasteiger charge is 2.35. The highest BCUT2D eigenvalue weighted by Crippen LogP contribution is 2.42. The van der Waals surface area contributed by atoms with E-state index in [1.807, 2.05) is 0 Å². The van der Waals surface area contributed by atoms with Crippen molar-refractivity contribution >= 4 is 0 Å². The molecule has 1 aromatic carbocycles. The summed E-state index contributed by atoms with van der Waals surface area (Å²) in [5, 5.41) is 0. The summed E-state index contributed by atoms with van der Waals surface area (Å²) in [5.41, 5.74) is 9.41. The Morgan fingerprint density at radius 3 is 2.88 bits per heavy atom. The molecule has 92 valence electrons. The van der Waals surface area contributed by atoms with Gasteiger partial charge in [-0.1, -0.05) is 18.9 Å². The smallest absolute Gasteiger partial charge is 0.119 e. The molecule has 0 spiro atoms. The van der Waals surface area contributed by atoms with E-state index in [4.69, 9.17) is 10.5 Å². The SMILES string of the molecule is COc1ccc2c(c1)C1CCCCC(C2)C1N. The highest BCUT2D eigenvalue weighted by atomic mass is 16.5. The van der Waals surface area contributed by atoms with E-state index in [1.165, 1.54) is 36.8 Å². The van der Waals surface area contributed by atoms with Gasteiger partial charge >= 0.3 is 0 Å². The molecule has 0 aromatic heterocycles. The fraction of sp³-hybridized carbons (Fsp3) is 0.600. The van der Waals surface area contributed by atoms with Crippen LogP contribution in [0.4, 0.5) is 0 Å². The van der Waals surface area contributed by atoms with Gasteiger partial charge in [0.05, 0.1) is 7.11 Å². The van der Waals surface area contributed by atoms with E-state index in [2.05, 4.69) is 18.2 Å². The average Bonchev–Trinajstić information content (AvgIpc) is 2.47. The van der Waals surface area contributed by atoms with Gasteiger partial charge in [-0.25, -0.2) is 0 Å². The molecule has 2 aliphatic carbocycles. The molecule has 3 atom stereocenters. The summed E-state index contributed by atoms with van der Waals surface area (Å²) in [6.45, 7) is 0. The summed E-state index contributed by atoms with van der Waals surface area (Å²) in [7, 11) is 1.74. The van der Waals surface area contributed by atoms with Crippen molar-refractivity contribution in [2.45, 2.75) is 44.1 Å². The molecule has 3 rings (SSSR count). The molecule has 0 saturated heterocycles. The van der Waals surface area contributed by atoms with Gasteiger partial charge in [0.1, 0.15) is 5.75 Å². The van der Waals surface area contributed by atoms with Gasteiger partial charge < -0.3 is 10.5 Å². The van der Waals surface area contributed by atoms with Crippen molar-refractivity contribution < 1.29 is 4.74 Å². The first kappa shape index (κ1) is 11.1. The van der Waals surface area contributed by atoms with Gasteiger partial charge in [0.25, 0.3) is 0 Å². The van der Waals surface area contributed by atoms with Crippen molar-refractivity contribution in [1.29, 1.82) is 0 Å². The van der Waals surface area contributed by atoms with E-state index in [0.29, 0.717) is 17.9 Å². The van der Waals surface area contributed by atoms with Crippen LogP contribution in [-0.4, -0.2) is 13.2 Å². The lowest BCUT2D eigenvalue weighted by Gasteiger charge is -2.35. The van der Waals surface area contributed by atoms with E-state index in [1.54, 1.807) is 7.11 Å². The van der Waals surface area contributed by atoms with Crippen LogP contribution >= 0.6 is 0 Å². The Kier molecular flexibility index (Phi) is 2.83. The van der Waals surface area contributed by atoms with Crippen LogP contribution in [0.15, 0.2) is 18.2 Å². The van der Waals surface area contributed by atoms with E-state index < -0.39 is 0 Å². The molecule has 1 saturated carbocycles. The Balaban J connectivity index is 2.04. The molecule has 1 fully saturated rings. The van der Waals surface area contributed by atoms with Crippen molar-refractivity contribution in [3.63, 3.8) is 0 Å². The van der Waals surface area contributed by atoms with Gasteiger partial charge in [-0.3, -0.25) is 0 Å². The third kappa shape index (κ3) is 1.85. The number of methoxy groups -OCH3 is 1. The summed E-state index contributed by atoms with van der Waals surface area (Å²) in [6, 6.07) is 6.89. The highest BCUT2D eigenvalue weighted by molar-refractivity contribution is 5.41. The summed E-state index contributed by atoms with van der Waals surface area (Å²) >= 11 is 0. The molecular formula is C15H21NO. The molecule has 2 aliphatic rings. The van der Waals surface area contributed by atoms with Crippen LogP contribution in [0.5, 0.6) is 5.75 Å². The van der Waals surface area contributed by atoms with Crippen LogP contribution in [0.25, 0.3) is 0 Å². The molecule has 0 amide bonds. The molecule has 0 heterocycles. The van der Waals surface area contributed by atoms with Crippen molar-refractivity contribution in [2.24, 2.45) is 11.7 Å². The minimum Gasteiger partial charge on any atom is -0.497 e. The first-order chi connectivity index (χ1) is 8.29. The average molecular weight is 231 g/mol. The van der Waals surface area contributed by atoms with Crippen LogP contribution in [0.1, 0.15) is 42.7 Å². The van der Waals surface area contributed by atoms with E-state index in [0.717, 1.165) is 12.2 Å². The predicted molar refractivity (Wildman–Crippen MR) is 69.4 cm³/mol. The lowest BCUT2D eigenvalue weighted by atomic mass is 9.73.